The molecule has 1 heterocycles. The lowest BCUT2D eigenvalue weighted by Gasteiger charge is -2.32. The molecule has 0 spiro atoms. The molecule has 0 saturated heterocycles. The zero-order chi connectivity index (χ0) is 13.6. The molecule has 0 amide bonds. The first-order valence-electron chi connectivity index (χ1n) is 5.51. The zero-order valence-electron chi connectivity index (χ0n) is 10.5. The van der Waals surface area contributed by atoms with Gasteiger partial charge in [-0.05, 0) is 26.0 Å². The molecule has 0 aliphatic carbocycles. The molecule has 0 saturated carbocycles. The van der Waals surface area contributed by atoms with Crippen molar-refractivity contribution in [3.05, 3.63) is 23.8 Å². The number of carbonyl (C=O) groups excluding carboxylic acids is 1. The molecule has 1 aliphatic heterocycles. The van der Waals surface area contributed by atoms with E-state index >= 15 is 0 Å². The third-order valence-electron chi connectivity index (χ3n) is 3.12. The Morgan fingerprint density at radius 2 is 2.06 bits per heavy atom. The van der Waals surface area contributed by atoms with Gasteiger partial charge in [-0.15, -0.1) is 0 Å². The van der Waals surface area contributed by atoms with E-state index in [0.717, 1.165) is 0 Å². The van der Waals surface area contributed by atoms with E-state index in [-0.39, 0.29) is 10.5 Å². The smallest absolute Gasteiger partial charge is 0.339 e. The minimum absolute atomic E-state index is 0.0353. The summed E-state index contributed by atoms with van der Waals surface area (Å²) in [5.41, 5.74) is 0.535. The Hall–Kier alpha value is -1.56. The number of benzene rings is 1. The van der Waals surface area contributed by atoms with Gasteiger partial charge in [0.05, 0.1) is 23.1 Å². The third kappa shape index (κ3) is 1.68. The number of anilines is 1. The molecule has 98 valence electrons. The monoisotopic (exact) mass is 269 g/mol. The summed E-state index contributed by atoms with van der Waals surface area (Å²) in [5, 5.41) is 3.04. The fraction of sp³-hybridized carbons (Fsp3) is 0.417. The number of nitrogens with one attached hydrogen (secondary N) is 1. The van der Waals surface area contributed by atoms with Crippen LogP contribution >= 0.6 is 0 Å². The van der Waals surface area contributed by atoms with Crippen LogP contribution in [-0.4, -0.2) is 32.8 Å². The van der Waals surface area contributed by atoms with E-state index in [0.29, 0.717) is 12.2 Å². The standard InChI is InChI=1S/C12H15NO4S/c1-12(2)7-13-9-6-4-5-8(11(14)17-3)10(9)18(12,15)16/h4-6,13H,7H2,1-3H3. The van der Waals surface area contributed by atoms with Crippen molar-refractivity contribution in [2.45, 2.75) is 23.5 Å². The summed E-state index contributed by atoms with van der Waals surface area (Å²) < 4.78 is 28.7. The van der Waals surface area contributed by atoms with Crippen LogP contribution in [0.4, 0.5) is 5.69 Å². The van der Waals surface area contributed by atoms with Crippen molar-refractivity contribution in [2.75, 3.05) is 19.0 Å². The maximum Gasteiger partial charge on any atom is 0.339 e. The van der Waals surface area contributed by atoms with E-state index in [2.05, 4.69) is 10.1 Å². The molecule has 2 rings (SSSR count). The van der Waals surface area contributed by atoms with Crippen LogP contribution in [-0.2, 0) is 14.6 Å². The lowest BCUT2D eigenvalue weighted by atomic mass is 10.1. The van der Waals surface area contributed by atoms with E-state index in [9.17, 15) is 13.2 Å². The van der Waals surface area contributed by atoms with Gasteiger partial charge in [0, 0.05) is 6.54 Å². The third-order valence-corrected chi connectivity index (χ3v) is 5.70. The Bertz CT molecular complexity index is 605. The Balaban J connectivity index is 2.76. The van der Waals surface area contributed by atoms with Gasteiger partial charge in [0.25, 0.3) is 0 Å². The van der Waals surface area contributed by atoms with Crippen molar-refractivity contribution >= 4 is 21.5 Å². The van der Waals surface area contributed by atoms with Gasteiger partial charge in [0.2, 0.25) is 0 Å². The van der Waals surface area contributed by atoms with Gasteiger partial charge < -0.3 is 10.1 Å². The first kappa shape index (κ1) is 12.9. The van der Waals surface area contributed by atoms with Gasteiger partial charge in [-0.1, -0.05) is 6.07 Å². The van der Waals surface area contributed by atoms with Crippen LogP contribution in [0.15, 0.2) is 23.1 Å². The lowest BCUT2D eigenvalue weighted by Crippen LogP contribution is -2.43. The summed E-state index contributed by atoms with van der Waals surface area (Å²) >= 11 is 0. The molecule has 0 bridgehead atoms. The number of hydrogen-bond acceptors (Lipinski definition) is 5. The number of methoxy groups -OCH3 is 1. The van der Waals surface area contributed by atoms with Crippen molar-refractivity contribution in [3.8, 4) is 0 Å². The van der Waals surface area contributed by atoms with Crippen LogP contribution in [0.25, 0.3) is 0 Å². The second-order valence-electron chi connectivity index (χ2n) is 4.79. The van der Waals surface area contributed by atoms with Gasteiger partial charge >= 0.3 is 5.97 Å². The normalized spacial score (nSPS) is 19.5. The number of rotatable bonds is 1. The fourth-order valence-corrected chi connectivity index (χ4v) is 3.60. The summed E-state index contributed by atoms with van der Waals surface area (Å²) in [6.45, 7) is 3.58. The highest BCUT2D eigenvalue weighted by atomic mass is 32.2. The average Bonchev–Trinajstić information content (AvgIpc) is 2.33. The molecule has 1 aliphatic rings. The van der Waals surface area contributed by atoms with Gasteiger partial charge in [0.15, 0.2) is 9.84 Å². The molecule has 0 aromatic heterocycles. The molecule has 1 N–H and O–H groups in total. The van der Waals surface area contributed by atoms with Crippen molar-refractivity contribution < 1.29 is 17.9 Å². The molecular weight excluding hydrogens is 254 g/mol. The first-order chi connectivity index (χ1) is 8.31. The first-order valence-corrected chi connectivity index (χ1v) is 6.99. The highest BCUT2D eigenvalue weighted by molar-refractivity contribution is 7.93. The second-order valence-corrected chi connectivity index (χ2v) is 7.31. The van der Waals surface area contributed by atoms with Gasteiger partial charge in [-0.25, -0.2) is 13.2 Å². The molecule has 6 heteroatoms. The quantitative estimate of drug-likeness (QED) is 0.781. The Morgan fingerprint density at radius 1 is 1.39 bits per heavy atom. The molecule has 0 fully saturated rings. The molecule has 0 atom stereocenters. The van der Waals surface area contributed by atoms with Gasteiger partial charge in [-0.3, -0.25) is 0 Å². The van der Waals surface area contributed by atoms with E-state index < -0.39 is 20.6 Å². The predicted octanol–water partition coefficient (Wildman–Crippen LogP) is 1.45. The second kappa shape index (κ2) is 3.98. The van der Waals surface area contributed by atoms with Crippen LogP contribution < -0.4 is 5.32 Å². The molecule has 18 heavy (non-hydrogen) atoms. The van der Waals surface area contributed by atoms with Crippen molar-refractivity contribution in [1.82, 2.24) is 0 Å². The van der Waals surface area contributed by atoms with Crippen molar-refractivity contribution in [3.63, 3.8) is 0 Å². The van der Waals surface area contributed by atoms with E-state index in [1.165, 1.54) is 13.2 Å². The minimum Gasteiger partial charge on any atom is -0.465 e. The van der Waals surface area contributed by atoms with Crippen LogP contribution in [0, 0.1) is 0 Å². The number of carbonyl (C=O) groups is 1. The Labute approximate surface area is 106 Å². The summed E-state index contributed by atoms with van der Waals surface area (Å²) in [6.07, 6.45) is 0. The van der Waals surface area contributed by atoms with Crippen molar-refractivity contribution in [2.24, 2.45) is 0 Å². The number of esters is 1. The minimum atomic E-state index is -3.57. The Morgan fingerprint density at radius 3 is 2.67 bits per heavy atom. The van der Waals surface area contributed by atoms with Gasteiger partial charge in [0.1, 0.15) is 4.90 Å². The summed E-state index contributed by atoms with van der Waals surface area (Å²) in [6, 6.07) is 4.74. The highest BCUT2D eigenvalue weighted by Gasteiger charge is 2.43. The molecule has 0 radical (unpaired) electrons. The molecule has 1 aromatic rings. The SMILES string of the molecule is COC(=O)c1cccc2c1S(=O)(=O)C(C)(C)CN2. The lowest BCUT2D eigenvalue weighted by molar-refractivity contribution is 0.0596. The summed E-state index contributed by atoms with van der Waals surface area (Å²) in [5.74, 6) is -0.644. The van der Waals surface area contributed by atoms with Crippen LogP contribution in [0.3, 0.4) is 0 Å². The molecule has 5 nitrogen and oxygen atoms in total. The number of hydrogen-bond donors (Lipinski definition) is 1. The molecule has 0 unspecified atom stereocenters. The predicted molar refractivity (Wildman–Crippen MR) is 67.5 cm³/mol. The average molecular weight is 269 g/mol. The largest absolute Gasteiger partial charge is 0.465 e. The number of ether oxygens (including phenoxy) is 1. The highest BCUT2D eigenvalue weighted by Crippen LogP contribution is 2.37. The summed E-state index contributed by atoms with van der Waals surface area (Å²) in [4.78, 5) is 11.7. The maximum absolute atomic E-state index is 12.5. The number of sulfone groups is 1. The Kier molecular flexibility index (Phi) is 2.85. The van der Waals surface area contributed by atoms with Crippen LogP contribution in [0.1, 0.15) is 24.2 Å². The maximum atomic E-state index is 12.5. The molecular formula is C12H15NO4S. The van der Waals surface area contributed by atoms with Crippen LogP contribution in [0.2, 0.25) is 0 Å². The van der Waals surface area contributed by atoms with Crippen LogP contribution in [0.5, 0.6) is 0 Å². The summed E-state index contributed by atoms with van der Waals surface area (Å²) in [7, 11) is -2.34. The van der Waals surface area contributed by atoms with E-state index in [4.69, 9.17) is 0 Å². The van der Waals surface area contributed by atoms with Gasteiger partial charge in [-0.2, -0.15) is 0 Å². The number of fused-ring (bicyclic) bond motifs is 1. The molecule has 1 aromatic carbocycles. The fourth-order valence-electron chi connectivity index (χ4n) is 1.92. The van der Waals surface area contributed by atoms with Crippen molar-refractivity contribution in [1.29, 1.82) is 0 Å². The van der Waals surface area contributed by atoms with E-state index in [1.54, 1.807) is 26.0 Å². The zero-order valence-corrected chi connectivity index (χ0v) is 11.3. The topological polar surface area (TPSA) is 72.5 Å². The van der Waals surface area contributed by atoms with E-state index in [1.807, 2.05) is 0 Å².